The van der Waals surface area contributed by atoms with Crippen LogP contribution in [0.5, 0.6) is 0 Å². The molecule has 0 aliphatic rings. The first-order valence-corrected chi connectivity index (χ1v) is 7.45. The summed E-state index contributed by atoms with van der Waals surface area (Å²) in [6.45, 7) is 2.92. The lowest BCUT2D eigenvalue weighted by Gasteiger charge is -2.10. The van der Waals surface area contributed by atoms with Gasteiger partial charge in [-0.25, -0.2) is 0 Å². The lowest BCUT2D eigenvalue weighted by atomic mass is 10.1. The Balaban J connectivity index is 1.81. The fraction of sp³-hybridized carbons (Fsp3) is 0.400. The highest BCUT2D eigenvalue weighted by Gasteiger charge is 2.08. The highest BCUT2D eigenvalue weighted by atomic mass is 35.5. The smallest absolute Gasteiger partial charge is 0.220 e. The summed E-state index contributed by atoms with van der Waals surface area (Å²) < 4.78 is 3.55. The molecule has 0 fully saturated rings. The Kier molecular flexibility index (Phi) is 5.38. The maximum Gasteiger partial charge on any atom is 0.220 e. The molecule has 0 aliphatic carbocycles. The molecule has 2 aromatic heterocycles. The lowest BCUT2D eigenvalue weighted by molar-refractivity contribution is -0.121. The molecule has 2 heterocycles. The molecule has 0 aliphatic heterocycles. The van der Waals surface area contributed by atoms with E-state index in [-0.39, 0.29) is 11.3 Å². The van der Waals surface area contributed by atoms with Crippen molar-refractivity contribution in [2.45, 2.75) is 26.3 Å². The van der Waals surface area contributed by atoms with Gasteiger partial charge in [-0.3, -0.25) is 14.3 Å². The van der Waals surface area contributed by atoms with Crippen LogP contribution in [-0.4, -0.2) is 26.8 Å². The number of nitrogens with one attached hydrogen (secondary N) is 1. The number of amides is 1. The zero-order valence-corrected chi connectivity index (χ0v) is 13.4. The summed E-state index contributed by atoms with van der Waals surface area (Å²) in [7, 11) is 1.88. The van der Waals surface area contributed by atoms with Gasteiger partial charge in [-0.2, -0.15) is 5.10 Å². The van der Waals surface area contributed by atoms with E-state index in [1.165, 1.54) is 6.07 Å². The van der Waals surface area contributed by atoms with Crippen molar-refractivity contribution >= 4 is 17.5 Å². The normalized spacial score (nSPS) is 10.7. The Morgan fingerprint density at radius 2 is 2.23 bits per heavy atom. The number of aromatic nitrogens is 3. The van der Waals surface area contributed by atoms with E-state index in [0.29, 0.717) is 36.5 Å². The highest BCUT2D eigenvalue weighted by molar-refractivity contribution is 6.30. The number of aryl methyl sites for hydroxylation is 1. The van der Waals surface area contributed by atoms with E-state index in [2.05, 4.69) is 10.4 Å². The minimum atomic E-state index is -0.0800. The molecule has 0 unspecified atom stereocenters. The van der Waals surface area contributed by atoms with E-state index < -0.39 is 0 Å². The van der Waals surface area contributed by atoms with E-state index in [0.717, 1.165) is 5.69 Å². The average molecular weight is 323 g/mol. The van der Waals surface area contributed by atoms with Crippen LogP contribution in [0, 0.1) is 6.92 Å². The van der Waals surface area contributed by atoms with Crippen molar-refractivity contribution in [3.8, 4) is 0 Å². The predicted molar refractivity (Wildman–Crippen MR) is 85.0 cm³/mol. The van der Waals surface area contributed by atoms with Gasteiger partial charge < -0.3 is 9.88 Å². The standard InChI is InChI=1S/C15H19ClN4O2/c1-11-13(14(21)5-7-19(11)2)3-4-15(22)17-6-8-20-10-12(16)9-18-20/h5,7,9-10H,3-4,6,8H2,1-2H3,(H,17,22). The summed E-state index contributed by atoms with van der Waals surface area (Å²) in [6, 6.07) is 1.53. The predicted octanol–water partition coefficient (Wildman–Crippen LogP) is 1.29. The highest BCUT2D eigenvalue weighted by Crippen LogP contribution is 2.05. The van der Waals surface area contributed by atoms with E-state index in [1.807, 2.05) is 18.5 Å². The third-order valence-corrected chi connectivity index (χ3v) is 3.77. The van der Waals surface area contributed by atoms with E-state index in [4.69, 9.17) is 11.6 Å². The van der Waals surface area contributed by atoms with Crippen LogP contribution in [0.25, 0.3) is 0 Å². The summed E-state index contributed by atoms with van der Waals surface area (Å²) in [5.74, 6) is -0.0800. The molecule has 0 saturated carbocycles. The molecule has 0 aromatic carbocycles. The first-order chi connectivity index (χ1) is 10.5. The molecule has 2 aromatic rings. The Morgan fingerprint density at radius 3 is 2.91 bits per heavy atom. The number of rotatable bonds is 6. The van der Waals surface area contributed by atoms with Gasteiger partial charge in [-0.05, 0) is 13.3 Å². The van der Waals surface area contributed by atoms with Gasteiger partial charge in [0.1, 0.15) is 0 Å². The topological polar surface area (TPSA) is 68.9 Å². The van der Waals surface area contributed by atoms with Gasteiger partial charge in [0.15, 0.2) is 5.43 Å². The lowest BCUT2D eigenvalue weighted by Crippen LogP contribution is -2.28. The van der Waals surface area contributed by atoms with Gasteiger partial charge >= 0.3 is 0 Å². The van der Waals surface area contributed by atoms with Gasteiger partial charge in [0.25, 0.3) is 0 Å². The number of halogens is 1. The average Bonchev–Trinajstić information content (AvgIpc) is 2.89. The number of nitrogens with zero attached hydrogens (tertiary/aromatic N) is 3. The minimum absolute atomic E-state index is 0.0189. The quantitative estimate of drug-likeness (QED) is 0.871. The van der Waals surface area contributed by atoms with Crippen LogP contribution in [-0.2, 0) is 24.8 Å². The molecule has 2 rings (SSSR count). The Hall–Kier alpha value is -2.08. The molecule has 22 heavy (non-hydrogen) atoms. The second-order valence-electron chi connectivity index (χ2n) is 5.13. The fourth-order valence-electron chi connectivity index (χ4n) is 2.18. The fourth-order valence-corrected chi connectivity index (χ4v) is 2.34. The first kappa shape index (κ1) is 16.3. The molecule has 118 valence electrons. The number of pyridine rings is 1. The van der Waals surface area contributed by atoms with Crippen LogP contribution >= 0.6 is 11.6 Å². The van der Waals surface area contributed by atoms with Crippen LogP contribution in [0.3, 0.4) is 0 Å². The number of hydrogen-bond donors (Lipinski definition) is 1. The van der Waals surface area contributed by atoms with Gasteiger partial charge in [0.2, 0.25) is 5.91 Å². The summed E-state index contributed by atoms with van der Waals surface area (Å²) in [6.07, 6.45) is 5.72. The number of carbonyl (C=O) groups is 1. The molecule has 0 saturated heterocycles. The van der Waals surface area contributed by atoms with Crippen molar-refractivity contribution < 1.29 is 4.79 Å². The van der Waals surface area contributed by atoms with Crippen molar-refractivity contribution in [1.82, 2.24) is 19.7 Å². The molecular weight excluding hydrogens is 304 g/mol. The van der Waals surface area contributed by atoms with Crippen molar-refractivity contribution in [3.63, 3.8) is 0 Å². The number of carbonyl (C=O) groups excluding carboxylic acids is 1. The second-order valence-corrected chi connectivity index (χ2v) is 5.56. The molecule has 0 bridgehead atoms. The van der Waals surface area contributed by atoms with Gasteiger partial charge in [-0.15, -0.1) is 0 Å². The number of hydrogen-bond acceptors (Lipinski definition) is 3. The van der Waals surface area contributed by atoms with Crippen molar-refractivity contribution in [2.75, 3.05) is 6.54 Å². The van der Waals surface area contributed by atoms with Crippen molar-refractivity contribution in [2.24, 2.45) is 7.05 Å². The van der Waals surface area contributed by atoms with Gasteiger partial charge in [-0.1, -0.05) is 11.6 Å². The monoisotopic (exact) mass is 322 g/mol. The maximum absolute atomic E-state index is 11.8. The summed E-state index contributed by atoms with van der Waals surface area (Å²) in [4.78, 5) is 23.7. The molecule has 7 heteroatoms. The molecule has 1 N–H and O–H groups in total. The van der Waals surface area contributed by atoms with Crippen LogP contribution in [0.4, 0.5) is 0 Å². The summed E-state index contributed by atoms with van der Waals surface area (Å²) in [5, 5.41) is 7.41. The van der Waals surface area contributed by atoms with Crippen LogP contribution in [0.15, 0.2) is 29.5 Å². The van der Waals surface area contributed by atoms with E-state index >= 15 is 0 Å². The Bertz CT molecular complexity index is 721. The van der Waals surface area contributed by atoms with Gasteiger partial charge in [0.05, 0.1) is 17.8 Å². The third-order valence-electron chi connectivity index (χ3n) is 3.58. The van der Waals surface area contributed by atoms with Gasteiger partial charge in [0, 0.05) is 49.7 Å². The van der Waals surface area contributed by atoms with Crippen LogP contribution in [0.2, 0.25) is 5.02 Å². The molecule has 0 spiro atoms. The minimum Gasteiger partial charge on any atom is -0.354 e. The maximum atomic E-state index is 11.8. The molecule has 6 nitrogen and oxygen atoms in total. The zero-order chi connectivity index (χ0) is 16.1. The van der Waals surface area contributed by atoms with Crippen molar-refractivity contribution in [1.29, 1.82) is 0 Å². The largest absolute Gasteiger partial charge is 0.354 e. The van der Waals surface area contributed by atoms with E-state index in [1.54, 1.807) is 23.3 Å². The van der Waals surface area contributed by atoms with Crippen molar-refractivity contribution in [3.05, 3.63) is 51.2 Å². The Labute approximate surface area is 133 Å². The SMILES string of the molecule is Cc1c(CCC(=O)NCCn2cc(Cl)cn2)c(=O)ccn1C. The van der Waals surface area contributed by atoms with Crippen LogP contribution in [0.1, 0.15) is 17.7 Å². The Morgan fingerprint density at radius 1 is 1.45 bits per heavy atom. The van der Waals surface area contributed by atoms with E-state index in [9.17, 15) is 9.59 Å². The molecule has 0 radical (unpaired) electrons. The molecule has 0 atom stereocenters. The first-order valence-electron chi connectivity index (χ1n) is 7.07. The second kappa shape index (κ2) is 7.26. The molecule has 1 amide bonds. The third kappa shape index (κ3) is 4.21. The zero-order valence-electron chi connectivity index (χ0n) is 12.7. The summed E-state index contributed by atoms with van der Waals surface area (Å²) in [5.41, 5.74) is 1.57. The summed E-state index contributed by atoms with van der Waals surface area (Å²) >= 11 is 5.76. The van der Waals surface area contributed by atoms with Crippen LogP contribution < -0.4 is 10.7 Å². The molecular formula is C15H19ClN4O2.